The van der Waals surface area contributed by atoms with Crippen molar-refractivity contribution in [3.63, 3.8) is 0 Å². The van der Waals surface area contributed by atoms with Gasteiger partial charge in [-0.05, 0) is 67.6 Å². The average Bonchev–Trinajstić information content (AvgIpc) is 2.74. The molecule has 1 saturated carbocycles. The minimum absolute atomic E-state index is 0.00572. The summed E-state index contributed by atoms with van der Waals surface area (Å²) in [4.78, 5) is 0. The molecule has 1 aliphatic carbocycles. The van der Waals surface area contributed by atoms with Crippen LogP contribution in [0.25, 0.3) is 5.83 Å². The first-order valence-corrected chi connectivity index (χ1v) is 13.7. The first kappa shape index (κ1) is 23.2. The molecule has 1 aliphatic heterocycles. The lowest BCUT2D eigenvalue weighted by Crippen LogP contribution is -2.28. The predicted octanol–water partition coefficient (Wildman–Crippen LogP) is 8.38. The van der Waals surface area contributed by atoms with Gasteiger partial charge in [-0.3, -0.25) is 0 Å². The van der Waals surface area contributed by atoms with Crippen LogP contribution in [0.2, 0.25) is 18.1 Å². The Labute approximate surface area is 177 Å². The van der Waals surface area contributed by atoms with Crippen LogP contribution >= 0.6 is 0 Å². The molecular weight excluding hydrogens is 411 g/mol. The lowest BCUT2D eigenvalue weighted by atomic mass is 9.72. The van der Waals surface area contributed by atoms with Crippen molar-refractivity contribution in [3.05, 3.63) is 53.6 Å². The highest BCUT2D eigenvalue weighted by molar-refractivity contribution is 6.58. The van der Waals surface area contributed by atoms with Crippen LogP contribution in [-0.4, -0.2) is 8.80 Å². The SMILES string of the molecule is C=CCCC[Si@H]1CC[C@H](C2CCC(c3cc(F)c(C(F)=C(F)F)c(F)c3)CC2)CC1. The van der Waals surface area contributed by atoms with Crippen LogP contribution in [0, 0.1) is 23.5 Å². The predicted molar refractivity (Wildman–Crippen MR) is 115 cm³/mol. The quantitative estimate of drug-likeness (QED) is 0.172. The Morgan fingerprint density at radius 3 is 2.03 bits per heavy atom. The molecule has 3 rings (SSSR count). The summed E-state index contributed by atoms with van der Waals surface area (Å²) < 4.78 is 66.5. The molecule has 166 valence electrons. The second kappa shape index (κ2) is 10.7. The largest absolute Gasteiger partial charge is 0.306 e. The number of benzene rings is 1. The third-order valence-corrected chi connectivity index (χ3v) is 10.8. The molecular formula is C24H31F5Si. The van der Waals surface area contributed by atoms with Gasteiger partial charge in [0.1, 0.15) is 11.6 Å². The Hall–Kier alpha value is -1.43. The summed E-state index contributed by atoms with van der Waals surface area (Å²) in [6, 6.07) is 6.37. The van der Waals surface area contributed by atoms with Gasteiger partial charge in [-0.2, -0.15) is 8.78 Å². The molecule has 0 bridgehead atoms. The zero-order chi connectivity index (χ0) is 21.7. The first-order valence-electron chi connectivity index (χ1n) is 11.2. The van der Waals surface area contributed by atoms with E-state index >= 15 is 0 Å². The fourth-order valence-corrected chi connectivity index (χ4v) is 9.03. The van der Waals surface area contributed by atoms with Gasteiger partial charge in [0, 0.05) is 8.80 Å². The summed E-state index contributed by atoms with van der Waals surface area (Å²) in [5.74, 6) is -3.17. The molecule has 0 amide bonds. The lowest BCUT2D eigenvalue weighted by molar-refractivity contribution is 0.216. The minimum atomic E-state index is -2.71. The Morgan fingerprint density at radius 2 is 1.50 bits per heavy atom. The summed E-state index contributed by atoms with van der Waals surface area (Å²) >= 11 is 0. The van der Waals surface area contributed by atoms with Gasteiger partial charge in [0.2, 0.25) is 5.83 Å². The number of unbranched alkanes of at least 4 members (excludes halogenated alkanes) is 1. The normalized spacial score (nSPS) is 27.0. The Bertz CT molecular complexity index is 732. The van der Waals surface area contributed by atoms with E-state index in [2.05, 4.69) is 6.58 Å². The Kier molecular flexibility index (Phi) is 8.32. The van der Waals surface area contributed by atoms with Gasteiger partial charge in [0.15, 0.2) is 0 Å². The van der Waals surface area contributed by atoms with Crippen molar-refractivity contribution in [2.24, 2.45) is 11.8 Å². The summed E-state index contributed by atoms with van der Waals surface area (Å²) in [6.07, 6.45) is 8.15. The van der Waals surface area contributed by atoms with Crippen molar-refractivity contribution >= 4 is 14.6 Å². The number of halogens is 5. The molecule has 30 heavy (non-hydrogen) atoms. The van der Waals surface area contributed by atoms with Crippen LogP contribution in [0.1, 0.15) is 68.4 Å². The summed E-state index contributed by atoms with van der Waals surface area (Å²) in [6.45, 7) is 3.80. The zero-order valence-corrected chi connectivity index (χ0v) is 18.6. The van der Waals surface area contributed by atoms with Gasteiger partial charge in [0.25, 0.3) is 0 Å². The molecule has 2 aliphatic rings. The number of hydrogen-bond donors (Lipinski definition) is 0. The van der Waals surface area contributed by atoms with E-state index < -0.39 is 37.9 Å². The van der Waals surface area contributed by atoms with Crippen LogP contribution < -0.4 is 0 Å². The molecule has 0 unspecified atom stereocenters. The van der Waals surface area contributed by atoms with Crippen molar-refractivity contribution < 1.29 is 22.0 Å². The highest BCUT2D eigenvalue weighted by atomic mass is 28.3. The van der Waals surface area contributed by atoms with Crippen molar-refractivity contribution in [1.29, 1.82) is 0 Å². The van der Waals surface area contributed by atoms with E-state index in [4.69, 9.17) is 0 Å². The summed E-state index contributed by atoms with van der Waals surface area (Å²) in [7, 11) is -0.563. The van der Waals surface area contributed by atoms with E-state index in [1.807, 2.05) is 6.08 Å². The van der Waals surface area contributed by atoms with Gasteiger partial charge in [-0.1, -0.05) is 43.5 Å². The van der Waals surface area contributed by atoms with Crippen LogP contribution in [0.5, 0.6) is 0 Å². The Morgan fingerprint density at radius 1 is 0.933 bits per heavy atom. The highest BCUT2D eigenvalue weighted by Gasteiger charge is 2.32. The molecule has 6 heteroatoms. The second-order valence-corrected chi connectivity index (χ2v) is 12.5. The van der Waals surface area contributed by atoms with Crippen molar-refractivity contribution in [1.82, 2.24) is 0 Å². The van der Waals surface area contributed by atoms with E-state index in [-0.39, 0.29) is 5.92 Å². The monoisotopic (exact) mass is 442 g/mol. The van der Waals surface area contributed by atoms with Gasteiger partial charge in [-0.25, -0.2) is 13.2 Å². The molecule has 0 atom stereocenters. The maximum Gasteiger partial charge on any atom is 0.306 e. The maximum absolute atomic E-state index is 14.1. The smallest absolute Gasteiger partial charge is 0.206 e. The number of allylic oxidation sites excluding steroid dienone is 1. The molecule has 1 aromatic carbocycles. The number of rotatable bonds is 7. The van der Waals surface area contributed by atoms with Crippen molar-refractivity contribution in [2.45, 2.75) is 75.4 Å². The van der Waals surface area contributed by atoms with Crippen LogP contribution in [0.15, 0.2) is 30.9 Å². The third kappa shape index (κ3) is 5.62. The standard InChI is InChI=1S/C24H31F5Si/c1-2-3-4-11-30-12-9-18(10-13-30)16-5-7-17(8-6-16)19-14-20(25)22(21(26)15-19)23(27)24(28)29/h2,14-18,30H,1,3-13H2/t16?,17?,18-,30-. The molecule has 0 nitrogen and oxygen atoms in total. The van der Waals surface area contributed by atoms with E-state index in [1.165, 1.54) is 37.4 Å². The Balaban J connectivity index is 1.54. The molecule has 1 saturated heterocycles. The summed E-state index contributed by atoms with van der Waals surface area (Å²) in [5.41, 5.74) is -0.806. The molecule has 0 aromatic heterocycles. The second-order valence-electron chi connectivity index (χ2n) is 9.05. The molecule has 0 radical (unpaired) electrons. The van der Waals surface area contributed by atoms with Crippen LogP contribution in [0.4, 0.5) is 22.0 Å². The van der Waals surface area contributed by atoms with Gasteiger partial charge in [0.05, 0.1) is 5.56 Å². The fraction of sp³-hybridized carbons (Fsp3) is 0.583. The molecule has 0 N–H and O–H groups in total. The molecule has 0 spiro atoms. The molecule has 1 heterocycles. The van der Waals surface area contributed by atoms with Gasteiger partial charge in [-0.15, -0.1) is 6.58 Å². The zero-order valence-electron chi connectivity index (χ0n) is 17.4. The minimum Gasteiger partial charge on any atom is -0.206 e. The van der Waals surface area contributed by atoms with Crippen LogP contribution in [-0.2, 0) is 0 Å². The third-order valence-electron chi connectivity index (χ3n) is 7.27. The first-order chi connectivity index (χ1) is 14.4. The van der Waals surface area contributed by atoms with Gasteiger partial charge < -0.3 is 0 Å². The average molecular weight is 443 g/mol. The van der Waals surface area contributed by atoms with Crippen LogP contribution in [0.3, 0.4) is 0 Å². The van der Waals surface area contributed by atoms with E-state index in [0.717, 1.165) is 50.2 Å². The topological polar surface area (TPSA) is 0 Å². The van der Waals surface area contributed by atoms with E-state index in [9.17, 15) is 22.0 Å². The number of hydrogen-bond acceptors (Lipinski definition) is 0. The van der Waals surface area contributed by atoms with E-state index in [1.54, 1.807) is 0 Å². The van der Waals surface area contributed by atoms with Crippen molar-refractivity contribution in [3.8, 4) is 0 Å². The summed E-state index contributed by atoms with van der Waals surface area (Å²) in [5, 5.41) is 0. The van der Waals surface area contributed by atoms with Crippen molar-refractivity contribution in [2.75, 3.05) is 0 Å². The fourth-order valence-electron chi connectivity index (χ4n) is 5.56. The highest BCUT2D eigenvalue weighted by Crippen LogP contribution is 2.44. The van der Waals surface area contributed by atoms with Gasteiger partial charge >= 0.3 is 6.08 Å². The molecule has 2 fully saturated rings. The van der Waals surface area contributed by atoms with E-state index in [0.29, 0.717) is 11.5 Å². The maximum atomic E-state index is 14.1. The lowest BCUT2D eigenvalue weighted by Gasteiger charge is -2.37. The molecule has 1 aromatic rings.